The number of halogens is 4. The van der Waals surface area contributed by atoms with Gasteiger partial charge < -0.3 is 10.6 Å². The fraction of sp³-hybridized carbons (Fsp3) is 0.417. The predicted molar refractivity (Wildman–Crippen MR) is 70.8 cm³/mol. The Morgan fingerprint density at radius 2 is 2.00 bits per heavy atom. The molecule has 0 saturated heterocycles. The molecule has 1 rings (SSSR count). The lowest BCUT2D eigenvalue weighted by Gasteiger charge is -2.26. The molecular weight excluding hydrogens is 280 g/mol. The van der Waals surface area contributed by atoms with Crippen molar-refractivity contribution in [3.8, 4) is 0 Å². The van der Waals surface area contributed by atoms with E-state index in [9.17, 15) is 17.6 Å². The summed E-state index contributed by atoms with van der Waals surface area (Å²) in [5, 5.41) is 0. The molecule has 19 heavy (non-hydrogen) atoms. The Morgan fingerprint density at radius 3 is 2.42 bits per heavy atom. The van der Waals surface area contributed by atoms with Gasteiger partial charge in [0.05, 0.1) is 5.69 Å². The van der Waals surface area contributed by atoms with E-state index in [0.717, 1.165) is 11.0 Å². The molecule has 106 valence electrons. The number of hydrogen-bond acceptors (Lipinski definition) is 2. The quantitative estimate of drug-likeness (QED) is 0.668. The van der Waals surface area contributed by atoms with Gasteiger partial charge in [-0.15, -0.1) is 0 Å². The minimum absolute atomic E-state index is 0.00307. The third-order valence-electron chi connectivity index (χ3n) is 2.44. The summed E-state index contributed by atoms with van der Waals surface area (Å²) >= 11 is 4.69. The van der Waals surface area contributed by atoms with Crippen LogP contribution >= 0.6 is 12.2 Å². The van der Waals surface area contributed by atoms with Gasteiger partial charge in [0.1, 0.15) is 17.4 Å². The summed E-state index contributed by atoms with van der Waals surface area (Å²) in [5.74, 6) is -0.761. The van der Waals surface area contributed by atoms with Crippen molar-refractivity contribution >= 4 is 22.9 Å². The zero-order valence-electron chi connectivity index (χ0n) is 10.3. The fourth-order valence-corrected chi connectivity index (χ4v) is 1.81. The maximum Gasteiger partial charge on any atom is 0.405 e. The number of alkyl halides is 3. The molecule has 0 saturated carbocycles. The van der Waals surface area contributed by atoms with Crippen LogP contribution in [0.2, 0.25) is 0 Å². The summed E-state index contributed by atoms with van der Waals surface area (Å²) in [7, 11) is 0. The molecule has 0 amide bonds. The Morgan fingerprint density at radius 1 is 1.37 bits per heavy atom. The van der Waals surface area contributed by atoms with Crippen molar-refractivity contribution in [3.63, 3.8) is 0 Å². The van der Waals surface area contributed by atoms with Gasteiger partial charge in [-0.3, -0.25) is 0 Å². The van der Waals surface area contributed by atoms with Crippen LogP contribution in [0.1, 0.15) is 18.9 Å². The zero-order chi connectivity index (χ0) is 14.6. The number of hydrogen-bond donors (Lipinski definition) is 1. The van der Waals surface area contributed by atoms with Crippen LogP contribution in [0.4, 0.5) is 23.2 Å². The van der Waals surface area contributed by atoms with Crippen LogP contribution in [-0.2, 0) is 0 Å². The van der Waals surface area contributed by atoms with Crippen molar-refractivity contribution in [3.05, 3.63) is 29.6 Å². The molecule has 0 aliphatic rings. The van der Waals surface area contributed by atoms with Crippen molar-refractivity contribution in [1.29, 1.82) is 0 Å². The Balaban J connectivity index is 3.06. The maximum absolute atomic E-state index is 13.8. The third-order valence-corrected chi connectivity index (χ3v) is 2.67. The minimum Gasteiger partial charge on any atom is -0.389 e. The number of anilines is 1. The number of thiocarbonyl (C=S) groups is 1. The fourth-order valence-electron chi connectivity index (χ4n) is 1.69. The largest absolute Gasteiger partial charge is 0.405 e. The second-order valence-electron chi connectivity index (χ2n) is 4.07. The summed E-state index contributed by atoms with van der Waals surface area (Å²) in [6.07, 6.45) is -3.91. The molecule has 0 heterocycles. The van der Waals surface area contributed by atoms with Crippen molar-refractivity contribution in [2.45, 2.75) is 19.5 Å². The molecule has 0 aromatic heterocycles. The van der Waals surface area contributed by atoms with Crippen LogP contribution in [0.25, 0.3) is 0 Å². The number of benzene rings is 1. The SMILES string of the molecule is CCCN(CC(F)(F)F)c1ccc(C(N)=S)cc1F. The van der Waals surface area contributed by atoms with E-state index in [2.05, 4.69) is 12.2 Å². The third kappa shape index (κ3) is 4.66. The van der Waals surface area contributed by atoms with E-state index in [1.807, 2.05) is 0 Å². The molecule has 2 N–H and O–H groups in total. The standard InChI is InChI=1S/C12H14F4N2S/c1-2-5-18(7-12(14,15)16)10-4-3-8(11(17)19)6-9(10)13/h3-4,6H,2,5,7H2,1H3,(H2,17,19). The van der Waals surface area contributed by atoms with Crippen LogP contribution in [0.15, 0.2) is 18.2 Å². The van der Waals surface area contributed by atoms with Gasteiger partial charge in [0.2, 0.25) is 0 Å². The molecule has 7 heteroatoms. The topological polar surface area (TPSA) is 29.3 Å². The van der Waals surface area contributed by atoms with Crippen LogP contribution in [-0.4, -0.2) is 24.3 Å². The van der Waals surface area contributed by atoms with Gasteiger partial charge in [0.15, 0.2) is 0 Å². The summed E-state index contributed by atoms with van der Waals surface area (Å²) in [4.78, 5) is 0.960. The first-order valence-corrected chi connectivity index (χ1v) is 6.06. The highest BCUT2D eigenvalue weighted by atomic mass is 32.1. The van der Waals surface area contributed by atoms with E-state index in [1.165, 1.54) is 12.1 Å². The molecule has 0 bridgehead atoms. The highest BCUT2D eigenvalue weighted by Gasteiger charge is 2.31. The van der Waals surface area contributed by atoms with Gasteiger partial charge >= 0.3 is 6.18 Å². The lowest BCUT2D eigenvalue weighted by atomic mass is 10.1. The minimum atomic E-state index is -4.39. The molecule has 0 radical (unpaired) electrons. The van der Waals surface area contributed by atoms with Gasteiger partial charge in [-0.1, -0.05) is 19.1 Å². The summed E-state index contributed by atoms with van der Waals surface area (Å²) in [6.45, 7) is 0.650. The van der Waals surface area contributed by atoms with E-state index in [-0.39, 0.29) is 17.2 Å². The van der Waals surface area contributed by atoms with E-state index >= 15 is 0 Å². The van der Waals surface area contributed by atoms with E-state index in [1.54, 1.807) is 6.92 Å². The molecular formula is C12H14F4N2S. The van der Waals surface area contributed by atoms with Gasteiger partial charge in [-0.2, -0.15) is 13.2 Å². The summed E-state index contributed by atoms with van der Waals surface area (Å²) < 4.78 is 51.2. The Labute approximate surface area is 114 Å². The molecule has 0 aliphatic heterocycles. The van der Waals surface area contributed by atoms with E-state index in [4.69, 9.17) is 5.73 Å². The molecule has 0 spiro atoms. The normalized spacial score (nSPS) is 11.4. The highest BCUT2D eigenvalue weighted by molar-refractivity contribution is 7.80. The van der Waals surface area contributed by atoms with Gasteiger partial charge in [0.25, 0.3) is 0 Å². The number of nitrogens with zero attached hydrogens (tertiary/aromatic N) is 1. The highest BCUT2D eigenvalue weighted by Crippen LogP contribution is 2.25. The maximum atomic E-state index is 13.8. The monoisotopic (exact) mass is 294 g/mol. The van der Waals surface area contributed by atoms with Gasteiger partial charge in [-0.25, -0.2) is 4.39 Å². The van der Waals surface area contributed by atoms with Gasteiger partial charge in [0, 0.05) is 12.1 Å². The average Bonchev–Trinajstić information content (AvgIpc) is 2.26. The molecule has 0 atom stereocenters. The summed E-state index contributed by atoms with van der Waals surface area (Å²) in [5.41, 5.74) is 5.53. The molecule has 1 aromatic carbocycles. The lowest BCUT2D eigenvalue weighted by molar-refractivity contribution is -0.119. The van der Waals surface area contributed by atoms with Crippen molar-refractivity contribution in [1.82, 2.24) is 0 Å². The van der Waals surface area contributed by atoms with Crippen LogP contribution < -0.4 is 10.6 Å². The second kappa shape index (κ2) is 6.18. The van der Waals surface area contributed by atoms with Crippen LogP contribution in [0.5, 0.6) is 0 Å². The summed E-state index contributed by atoms with van der Waals surface area (Å²) in [6, 6.07) is 3.74. The smallest absolute Gasteiger partial charge is 0.389 e. The number of nitrogens with two attached hydrogens (primary N) is 1. The molecule has 0 fully saturated rings. The van der Waals surface area contributed by atoms with Gasteiger partial charge in [-0.05, 0) is 24.6 Å². The second-order valence-corrected chi connectivity index (χ2v) is 4.51. The predicted octanol–water partition coefficient (Wildman–Crippen LogP) is 3.24. The van der Waals surface area contributed by atoms with Crippen LogP contribution in [0, 0.1) is 5.82 Å². The molecule has 2 nitrogen and oxygen atoms in total. The van der Waals surface area contributed by atoms with E-state index in [0.29, 0.717) is 12.0 Å². The first kappa shape index (κ1) is 15.7. The zero-order valence-corrected chi connectivity index (χ0v) is 11.1. The van der Waals surface area contributed by atoms with Crippen LogP contribution in [0.3, 0.4) is 0 Å². The number of rotatable bonds is 5. The molecule has 0 aliphatic carbocycles. The molecule has 0 unspecified atom stereocenters. The lowest BCUT2D eigenvalue weighted by Crippen LogP contribution is -2.35. The average molecular weight is 294 g/mol. The first-order chi connectivity index (χ1) is 8.74. The van der Waals surface area contributed by atoms with Crippen molar-refractivity contribution in [2.75, 3.05) is 18.0 Å². The van der Waals surface area contributed by atoms with Crippen molar-refractivity contribution in [2.24, 2.45) is 5.73 Å². The van der Waals surface area contributed by atoms with Crippen molar-refractivity contribution < 1.29 is 17.6 Å². The Kier molecular flexibility index (Phi) is 5.11. The van der Waals surface area contributed by atoms with E-state index < -0.39 is 18.5 Å². The first-order valence-electron chi connectivity index (χ1n) is 5.65. The molecule has 1 aromatic rings. The Bertz CT molecular complexity index is 460. The Hall–Kier alpha value is -1.37.